The lowest BCUT2D eigenvalue weighted by molar-refractivity contribution is -0.108. The molecule has 3 saturated heterocycles. The van der Waals surface area contributed by atoms with E-state index in [0.29, 0.717) is 30.8 Å². The highest BCUT2D eigenvalue weighted by molar-refractivity contribution is 7.91. The van der Waals surface area contributed by atoms with E-state index in [0.717, 1.165) is 49.5 Å². The van der Waals surface area contributed by atoms with Gasteiger partial charge in [-0.25, -0.2) is 8.42 Å². The van der Waals surface area contributed by atoms with Gasteiger partial charge in [0.1, 0.15) is 6.29 Å². The molecule has 3 aliphatic rings. The maximum Gasteiger partial charge on any atom is 0.192 e. The molecule has 1 aromatic rings. The SMILES string of the molecule is C=C1C[C@H](CCC=O)OC1CC[C@H]1C[C@@H](C)C(=C)C(CC2O[C@H](C[C@@H](CO[Si](C)(C)C(C)(C)C)O[Si](C)(C)C(C)(C)C)[C@H](OC)C2CS(=O)(=O)c2ccccc2)O1. The monoisotopic (exact) mass is 848 g/mol. The lowest BCUT2D eigenvalue weighted by Gasteiger charge is -2.42. The average molecular weight is 849 g/mol. The van der Waals surface area contributed by atoms with Gasteiger partial charge in [0.15, 0.2) is 26.5 Å². The maximum atomic E-state index is 14.1. The van der Waals surface area contributed by atoms with E-state index >= 15 is 0 Å². The van der Waals surface area contributed by atoms with Crippen molar-refractivity contribution in [3.05, 3.63) is 54.6 Å². The number of sulfone groups is 1. The third kappa shape index (κ3) is 12.5. The second kappa shape index (κ2) is 19.5. The Balaban J connectivity index is 1.60. The summed E-state index contributed by atoms with van der Waals surface area (Å²) in [7, 11) is -6.37. The van der Waals surface area contributed by atoms with Gasteiger partial charge >= 0.3 is 0 Å². The van der Waals surface area contributed by atoms with Gasteiger partial charge in [0, 0.05) is 32.3 Å². The van der Waals surface area contributed by atoms with Crippen molar-refractivity contribution >= 4 is 32.8 Å². The van der Waals surface area contributed by atoms with Crippen molar-refractivity contribution in [1.82, 2.24) is 0 Å². The topological polar surface area (TPSA) is 107 Å². The fourth-order valence-electron chi connectivity index (χ4n) is 8.01. The summed E-state index contributed by atoms with van der Waals surface area (Å²) in [5, 5.41) is 0.0137. The van der Waals surface area contributed by atoms with Gasteiger partial charge in [-0.1, -0.05) is 79.8 Å². The molecule has 0 aliphatic carbocycles. The molecule has 0 amide bonds. The molecule has 57 heavy (non-hydrogen) atoms. The Morgan fingerprint density at radius 2 is 1.51 bits per heavy atom. The molecule has 10 atom stereocenters. The molecule has 4 unspecified atom stereocenters. The van der Waals surface area contributed by atoms with Gasteiger partial charge in [-0.05, 0) is 97.6 Å². The van der Waals surface area contributed by atoms with Gasteiger partial charge < -0.3 is 32.6 Å². The van der Waals surface area contributed by atoms with E-state index < -0.39 is 50.7 Å². The molecule has 0 aromatic heterocycles. The standard InChI is InChI=1S/C45H76O9SSi2/c1-31-25-35(22-23-39-32(2)26-34(51-39)19-18-24-46)52-40(33(31)3)28-41-38(30-55(47,48)37-20-16-15-17-21-37)43(49-10)42(53-41)27-36(54-57(13,14)45(7,8)9)29-50-56(11,12)44(4,5)6/h15-17,20-21,24,31,34-36,38-43H,2-3,18-19,22-23,25-30H2,1,4-14H3/t31-,34+,35+,36+,38?,39?,40?,41?,42-,43-/m1/s1. The Kier molecular flexibility index (Phi) is 16.5. The number of methoxy groups -OCH3 is 1. The summed E-state index contributed by atoms with van der Waals surface area (Å²) in [5.41, 5.74) is 2.09. The van der Waals surface area contributed by atoms with Crippen LogP contribution in [-0.2, 0) is 42.4 Å². The number of ether oxygens (including phenoxy) is 4. The zero-order valence-electron chi connectivity index (χ0n) is 37.3. The van der Waals surface area contributed by atoms with Crippen LogP contribution in [-0.4, -0.2) is 99.6 Å². The molecule has 0 spiro atoms. The Labute approximate surface area is 348 Å². The van der Waals surface area contributed by atoms with Crippen LogP contribution in [0.3, 0.4) is 0 Å². The van der Waals surface area contributed by atoms with Crippen molar-refractivity contribution in [1.29, 1.82) is 0 Å². The van der Waals surface area contributed by atoms with Gasteiger partial charge in [0.25, 0.3) is 0 Å². The highest BCUT2D eigenvalue weighted by atomic mass is 32.2. The molecule has 324 valence electrons. The zero-order valence-corrected chi connectivity index (χ0v) is 40.1. The minimum Gasteiger partial charge on any atom is -0.414 e. The quantitative estimate of drug-likeness (QED) is 0.0764. The molecule has 12 heteroatoms. The van der Waals surface area contributed by atoms with Crippen LogP contribution < -0.4 is 0 Å². The van der Waals surface area contributed by atoms with Crippen molar-refractivity contribution in [2.24, 2.45) is 11.8 Å². The van der Waals surface area contributed by atoms with Crippen molar-refractivity contribution in [3.63, 3.8) is 0 Å². The summed E-state index contributed by atoms with van der Waals surface area (Å²) >= 11 is 0. The van der Waals surface area contributed by atoms with E-state index in [2.05, 4.69) is 87.8 Å². The normalized spacial score (nSPS) is 29.9. The Morgan fingerprint density at radius 3 is 2.11 bits per heavy atom. The summed E-state index contributed by atoms with van der Waals surface area (Å²) in [5.74, 6) is -0.348. The van der Waals surface area contributed by atoms with Crippen LogP contribution in [0.2, 0.25) is 36.3 Å². The van der Waals surface area contributed by atoms with Crippen LogP contribution in [0.1, 0.15) is 99.8 Å². The van der Waals surface area contributed by atoms with Crippen molar-refractivity contribution < 1.29 is 41.0 Å². The zero-order chi connectivity index (χ0) is 42.6. The summed E-state index contributed by atoms with van der Waals surface area (Å²) < 4.78 is 68.5. The first-order chi connectivity index (χ1) is 26.4. The average Bonchev–Trinajstić information content (AvgIpc) is 3.63. The first-order valence-electron chi connectivity index (χ1n) is 21.3. The van der Waals surface area contributed by atoms with Crippen LogP contribution >= 0.6 is 0 Å². The van der Waals surface area contributed by atoms with Gasteiger partial charge in [0.05, 0.1) is 66.1 Å². The van der Waals surface area contributed by atoms with Crippen molar-refractivity contribution in [2.75, 3.05) is 19.5 Å². The molecule has 0 saturated carbocycles. The minimum absolute atomic E-state index is 0.0160. The highest BCUT2D eigenvalue weighted by Crippen LogP contribution is 2.44. The predicted octanol–water partition coefficient (Wildman–Crippen LogP) is 9.87. The Bertz CT molecular complexity index is 1600. The van der Waals surface area contributed by atoms with E-state index in [4.69, 9.17) is 27.8 Å². The third-order valence-corrected chi connectivity index (χ3v) is 24.6. The maximum absolute atomic E-state index is 14.1. The second-order valence-electron chi connectivity index (χ2n) is 20.1. The number of hydrogen-bond acceptors (Lipinski definition) is 9. The predicted molar refractivity (Wildman–Crippen MR) is 234 cm³/mol. The molecule has 4 rings (SSSR count). The lowest BCUT2D eigenvalue weighted by atomic mass is 9.83. The fourth-order valence-corrected chi connectivity index (χ4v) is 12.1. The number of rotatable bonds is 19. The molecule has 3 aliphatic heterocycles. The van der Waals surface area contributed by atoms with Crippen LogP contribution in [0.4, 0.5) is 0 Å². The van der Waals surface area contributed by atoms with Gasteiger partial charge in [-0.3, -0.25) is 0 Å². The van der Waals surface area contributed by atoms with Gasteiger partial charge in [-0.2, -0.15) is 0 Å². The summed E-state index contributed by atoms with van der Waals surface area (Å²) in [4.78, 5) is 11.2. The van der Waals surface area contributed by atoms with E-state index in [1.165, 1.54) is 0 Å². The number of hydrogen-bond donors (Lipinski definition) is 0. The molecule has 9 nitrogen and oxygen atoms in total. The van der Waals surface area contributed by atoms with Gasteiger partial charge in [0.2, 0.25) is 0 Å². The molecule has 0 radical (unpaired) electrons. The molecular formula is C45H76O9SSi2. The number of benzene rings is 1. The first-order valence-corrected chi connectivity index (χ1v) is 28.7. The fraction of sp³-hybridized carbons (Fsp3) is 0.756. The number of carbonyl (C=O) groups is 1. The summed E-state index contributed by atoms with van der Waals surface area (Å²) in [6, 6.07) is 8.66. The van der Waals surface area contributed by atoms with E-state index in [-0.39, 0.29) is 52.3 Å². The van der Waals surface area contributed by atoms with Crippen molar-refractivity contribution in [3.8, 4) is 0 Å². The molecule has 0 N–H and O–H groups in total. The Hall–Kier alpha value is -1.49. The first kappa shape index (κ1) is 48.2. The Morgan fingerprint density at radius 1 is 0.877 bits per heavy atom. The lowest BCUT2D eigenvalue weighted by Crippen LogP contribution is -2.49. The molecular weight excluding hydrogens is 773 g/mol. The van der Waals surface area contributed by atoms with Crippen molar-refractivity contribution in [2.45, 2.75) is 190 Å². The summed E-state index contributed by atoms with van der Waals surface area (Å²) in [6.07, 6.45) is 4.44. The van der Waals surface area contributed by atoms with E-state index in [1.807, 2.05) is 6.07 Å². The number of carbonyl (C=O) groups excluding carboxylic acids is 1. The van der Waals surface area contributed by atoms with Crippen LogP contribution in [0, 0.1) is 11.8 Å². The number of aldehydes is 1. The molecule has 3 fully saturated rings. The summed E-state index contributed by atoms with van der Waals surface area (Å²) in [6.45, 7) is 33.9. The molecule has 1 aromatic carbocycles. The van der Waals surface area contributed by atoms with Crippen LogP contribution in [0.5, 0.6) is 0 Å². The van der Waals surface area contributed by atoms with E-state index in [1.54, 1.807) is 31.4 Å². The van der Waals surface area contributed by atoms with Crippen LogP contribution in [0.15, 0.2) is 59.5 Å². The van der Waals surface area contributed by atoms with Gasteiger partial charge in [-0.15, -0.1) is 0 Å². The smallest absolute Gasteiger partial charge is 0.192 e. The molecule has 0 bridgehead atoms. The highest BCUT2D eigenvalue weighted by Gasteiger charge is 2.50. The largest absolute Gasteiger partial charge is 0.414 e. The third-order valence-electron chi connectivity index (χ3n) is 13.7. The van der Waals surface area contributed by atoms with E-state index in [9.17, 15) is 13.2 Å². The molecule has 3 heterocycles. The second-order valence-corrected chi connectivity index (χ2v) is 31.7. The minimum atomic E-state index is -3.68. The van der Waals surface area contributed by atoms with Crippen LogP contribution in [0.25, 0.3) is 0 Å².